The number of nitrogens with one attached hydrogen (secondary N) is 2. The number of amides is 4. The number of benzene rings is 4. The molecule has 52 heavy (non-hydrogen) atoms. The molecule has 0 aliphatic carbocycles. The normalized spacial score (nSPS) is 13.3. The number of azo groups is 1. The van der Waals surface area contributed by atoms with E-state index in [1.807, 2.05) is 12.1 Å². The molecule has 0 atom stereocenters. The molecule has 5 rings (SSSR count). The molecule has 0 spiro atoms. The maximum atomic E-state index is 12.5. The number of rotatable bonds is 11. The molecule has 270 valence electrons. The van der Waals surface area contributed by atoms with Crippen LogP contribution in [0.5, 0.6) is 5.75 Å². The zero-order chi connectivity index (χ0) is 38.1. The molecular formula is C33H30N6O11S2. The van der Waals surface area contributed by atoms with Gasteiger partial charge in [0, 0.05) is 36.2 Å². The van der Waals surface area contributed by atoms with Crippen molar-refractivity contribution in [1.29, 1.82) is 0 Å². The van der Waals surface area contributed by atoms with Crippen LogP contribution >= 0.6 is 0 Å². The highest BCUT2D eigenvalue weighted by molar-refractivity contribution is 7.87. The van der Waals surface area contributed by atoms with Gasteiger partial charge in [-0.2, -0.15) is 21.9 Å². The molecular weight excluding hydrogens is 721 g/mol. The van der Waals surface area contributed by atoms with Crippen molar-refractivity contribution in [1.82, 2.24) is 10.2 Å². The summed E-state index contributed by atoms with van der Waals surface area (Å²) in [7, 11) is -10.1. The molecule has 19 heteroatoms. The Kier molecular flexibility index (Phi) is 10.2. The van der Waals surface area contributed by atoms with Gasteiger partial charge in [-0.05, 0) is 72.5 Å². The maximum absolute atomic E-state index is 12.5. The first-order valence-corrected chi connectivity index (χ1v) is 18.0. The lowest BCUT2D eigenvalue weighted by Gasteiger charge is -2.14. The number of carbonyl (C=O) groups excluding carboxylic acids is 4. The second-order valence-corrected chi connectivity index (χ2v) is 14.3. The Labute approximate surface area is 296 Å². The summed E-state index contributed by atoms with van der Waals surface area (Å²) in [6.45, 7) is 3.11. The van der Waals surface area contributed by atoms with Gasteiger partial charge in [-0.1, -0.05) is 18.2 Å². The third kappa shape index (κ3) is 7.97. The molecule has 0 fully saturated rings. The smallest absolute Gasteiger partial charge is 0.296 e. The van der Waals surface area contributed by atoms with Gasteiger partial charge in [-0.25, -0.2) is 0 Å². The number of imide groups is 1. The first kappa shape index (κ1) is 37.2. The van der Waals surface area contributed by atoms with Gasteiger partial charge in [-0.15, -0.1) is 5.11 Å². The fourth-order valence-electron chi connectivity index (χ4n) is 5.33. The first-order valence-electron chi connectivity index (χ1n) is 15.1. The molecule has 0 aromatic heterocycles. The van der Waals surface area contributed by atoms with E-state index in [0.29, 0.717) is 23.0 Å². The Morgan fingerprint density at radius 2 is 1.37 bits per heavy atom. The predicted octanol–water partition coefficient (Wildman–Crippen LogP) is 3.69. The molecule has 0 radical (unpaired) electrons. The molecule has 0 unspecified atom stereocenters. The standard InChI is InChI=1S/C33H30N6O11S2/c1-17-13-19(3-6-22(17)36-28(41)16-35-27(40)11-12-39-29(42)9-10-30(39)43)20-4-7-23(18(2)14-20)37-38-24-8-5-21-25(51(45,46)47)15-26(52(48,49)50)32(34)31(21)33(24)44/h3-10,13-15,44H,11-12,16,34H2,1-2H3,(H,35,40)(H,36,41)(H,45,46,47)(H,48,49,50)/b38-37+. The first-order chi connectivity index (χ1) is 24.3. The lowest BCUT2D eigenvalue weighted by molar-refractivity contribution is -0.137. The topological polar surface area (TPSA) is 275 Å². The average molecular weight is 751 g/mol. The number of nitrogens with zero attached hydrogens (tertiary/aromatic N) is 3. The fraction of sp³-hybridized carbons (Fsp3) is 0.152. The van der Waals surface area contributed by atoms with E-state index in [-0.39, 0.29) is 30.6 Å². The van der Waals surface area contributed by atoms with Gasteiger partial charge < -0.3 is 21.5 Å². The number of hydrogen-bond acceptors (Lipinski definition) is 12. The van der Waals surface area contributed by atoms with Crippen LogP contribution in [0.3, 0.4) is 0 Å². The summed E-state index contributed by atoms with van der Waals surface area (Å²) in [6.07, 6.45) is 2.09. The van der Waals surface area contributed by atoms with Crippen molar-refractivity contribution >= 4 is 77.4 Å². The highest BCUT2D eigenvalue weighted by Gasteiger charge is 2.27. The van der Waals surface area contributed by atoms with Crippen LogP contribution in [-0.4, -0.2) is 72.7 Å². The van der Waals surface area contributed by atoms with Crippen molar-refractivity contribution in [3.8, 4) is 16.9 Å². The molecule has 1 heterocycles. The molecule has 1 aliphatic rings. The van der Waals surface area contributed by atoms with E-state index in [9.17, 15) is 50.2 Å². The van der Waals surface area contributed by atoms with Gasteiger partial charge in [0.15, 0.2) is 5.75 Å². The van der Waals surface area contributed by atoms with Crippen LogP contribution in [0.4, 0.5) is 22.7 Å². The quantitative estimate of drug-likeness (QED) is 0.0554. The van der Waals surface area contributed by atoms with Crippen LogP contribution in [-0.2, 0) is 39.4 Å². The minimum Gasteiger partial charge on any atom is -0.505 e. The number of aromatic hydroxyl groups is 1. The summed E-state index contributed by atoms with van der Waals surface area (Å²) in [5.41, 5.74) is 8.83. The number of phenols is 1. The summed E-state index contributed by atoms with van der Waals surface area (Å²) in [5, 5.41) is 23.5. The highest BCUT2D eigenvalue weighted by atomic mass is 32.2. The highest BCUT2D eigenvalue weighted by Crippen LogP contribution is 2.44. The van der Waals surface area contributed by atoms with Crippen LogP contribution < -0.4 is 16.4 Å². The monoisotopic (exact) mass is 750 g/mol. The zero-order valence-corrected chi connectivity index (χ0v) is 28.9. The second-order valence-electron chi connectivity index (χ2n) is 11.6. The lowest BCUT2D eigenvalue weighted by atomic mass is 10.00. The Bertz CT molecular complexity index is 2460. The van der Waals surface area contributed by atoms with Gasteiger partial charge in [0.2, 0.25) is 11.8 Å². The van der Waals surface area contributed by atoms with E-state index in [4.69, 9.17) is 5.73 Å². The maximum Gasteiger partial charge on any atom is 0.296 e. The Hall–Kier alpha value is -6.02. The van der Waals surface area contributed by atoms with Crippen molar-refractivity contribution in [2.75, 3.05) is 24.1 Å². The number of hydrogen-bond donors (Lipinski definition) is 6. The summed E-state index contributed by atoms with van der Waals surface area (Å²) in [6, 6.07) is 13.3. The molecule has 0 saturated heterocycles. The van der Waals surface area contributed by atoms with E-state index in [0.717, 1.165) is 39.8 Å². The number of anilines is 2. The number of phenolic OH excluding ortho intramolecular Hbond substituents is 1. The molecule has 4 aromatic rings. The molecule has 0 bridgehead atoms. The van der Waals surface area contributed by atoms with E-state index >= 15 is 0 Å². The summed E-state index contributed by atoms with van der Waals surface area (Å²) in [5.74, 6) is -2.74. The van der Waals surface area contributed by atoms with Crippen LogP contribution in [0.1, 0.15) is 17.5 Å². The summed E-state index contributed by atoms with van der Waals surface area (Å²) < 4.78 is 66.9. The molecule has 4 aromatic carbocycles. The van der Waals surface area contributed by atoms with Gasteiger partial charge in [0.05, 0.1) is 23.3 Å². The third-order valence-corrected chi connectivity index (χ3v) is 9.77. The van der Waals surface area contributed by atoms with Gasteiger partial charge in [0.25, 0.3) is 32.1 Å². The number of carbonyl (C=O) groups is 4. The average Bonchev–Trinajstić information content (AvgIpc) is 3.38. The SMILES string of the molecule is Cc1cc(-c2ccc(NC(=O)CNC(=O)CCN3C(=O)C=CC3=O)c(C)c2)ccc1/N=N/c1ccc2c(S(=O)(=O)O)cc(S(=O)(=O)O)c(N)c2c1O. The van der Waals surface area contributed by atoms with Crippen LogP contribution in [0.15, 0.2) is 86.8 Å². The van der Waals surface area contributed by atoms with Crippen molar-refractivity contribution in [3.05, 3.63) is 77.9 Å². The largest absolute Gasteiger partial charge is 0.505 e. The number of aryl methyl sites for hydroxylation is 2. The number of nitrogens with two attached hydrogens (primary N) is 1. The Morgan fingerprint density at radius 3 is 1.96 bits per heavy atom. The van der Waals surface area contributed by atoms with Crippen LogP contribution in [0.2, 0.25) is 0 Å². The number of fused-ring (bicyclic) bond motifs is 1. The molecule has 7 N–H and O–H groups in total. The van der Waals surface area contributed by atoms with Crippen molar-refractivity contribution < 1.29 is 50.2 Å². The zero-order valence-electron chi connectivity index (χ0n) is 27.3. The lowest BCUT2D eigenvalue weighted by Crippen LogP contribution is -2.37. The van der Waals surface area contributed by atoms with E-state index in [2.05, 4.69) is 20.9 Å². The van der Waals surface area contributed by atoms with Crippen molar-refractivity contribution in [3.63, 3.8) is 0 Å². The number of nitrogen functional groups attached to an aromatic ring is 1. The van der Waals surface area contributed by atoms with E-state index in [1.165, 1.54) is 6.07 Å². The Balaban J connectivity index is 1.28. The van der Waals surface area contributed by atoms with Crippen LogP contribution in [0, 0.1) is 13.8 Å². The van der Waals surface area contributed by atoms with Crippen molar-refractivity contribution in [2.45, 2.75) is 30.1 Å². The van der Waals surface area contributed by atoms with Gasteiger partial charge in [0.1, 0.15) is 15.5 Å². The van der Waals surface area contributed by atoms with Crippen LogP contribution in [0.25, 0.3) is 21.9 Å². The molecule has 4 amide bonds. The second kappa shape index (κ2) is 14.3. The Morgan fingerprint density at radius 1 is 0.788 bits per heavy atom. The predicted molar refractivity (Wildman–Crippen MR) is 187 cm³/mol. The van der Waals surface area contributed by atoms with Crippen molar-refractivity contribution in [2.24, 2.45) is 10.2 Å². The minimum absolute atomic E-state index is 0.100. The minimum atomic E-state index is -5.06. The molecule has 1 aliphatic heterocycles. The summed E-state index contributed by atoms with van der Waals surface area (Å²) >= 11 is 0. The summed E-state index contributed by atoms with van der Waals surface area (Å²) in [4.78, 5) is 46.8. The van der Waals surface area contributed by atoms with Gasteiger partial charge >= 0.3 is 0 Å². The molecule has 0 saturated carbocycles. The third-order valence-electron chi connectivity index (χ3n) is 7.98. The van der Waals surface area contributed by atoms with E-state index < -0.39 is 70.5 Å². The van der Waals surface area contributed by atoms with Gasteiger partial charge in [-0.3, -0.25) is 33.2 Å². The molecule has 17 nitrogen and oxygen atoms in total. The van der Waals surface area contributed by atoms with E-state index in [1.54, 1.807) is 38.1 Å². The fourth-order valence-corrected chi connectivity index (χ4v) is 6.76.